The number of nitrogens with zero attached hydrogens (tertiary/aromatic N) is 3. The van der Waals surface area contributed by atoms with Crippen LogP contribution in [0.25, 0.3) is 0 Å². The maximum absolute atomic E-state index is 10.6. The molecule has 1 aromatic heterocycles. The quantitative estimate of drug-likeness (QED) is 0.585. The van der Waals surface area contributed by atoms with Crippen LogP contribution in [0.4, 0.5) is 5.69 Å². The summed E-state index contributed by atoms with van der Waals surface area (Å²) in [6, 6.07) is 8.46. The Morgan fingerprint density at radius 1 is 1.29 bits per heavy atom. The van der Waals surface area contributed by atoms with Crippen molar-refractivity contribution in [3.63, 3.8) is 0 Å². The average molecular weight is 229 g/mol. The third-order valence-electron chi connectivity index (χ3n) is 3.20. The van der Waals surface area contributed by atoms with Gasteiger partial charge in [0.15, 0.2) is 0 Å². The van der Waals surface area contributed by atoms with Gasteiger partial charge < -0.3 is 0 Å². The molecule has 0 unspecified atom stereocenters. The fraction of sp³-hybridized carbons (Fsp3) is 0.250. The highest BCUT2D eigenvalue weighted by Gasteiger charge is 2.24. The number of aromatic nitrogens is 2. The third-order valence-corrected chi connectivity index (χ3v) is 3.20. The van der Waals surface area contributed by atoms with E-state index in [9.17, 15) is 10.1 Å². The van der Waals surface area contributed by atoms with E-state index in [-0.39, 0.29) is 11.7 Å². The molecule has 5 heteroatoms. The number of fused-ring (bicyclic) bond motifs is 1. The number of benzene rings is 1. The van der Waals surface area contributed by atoms with Crippen LogP contribution in [0.2, 0.25) is 0 Å². The second kappa shape index (κ2) is 3.69. The van der Waals surface area contributed by atoms with Gasteiger partial charge in [0.25, 0.3) is 0 Å². The Morgan fingerprint density at radius 2 is 1.94 bits per heavy atom. The van der Waals surface area contributed by atoms with E-state index in [0.717, 1.165) is 12.8 Å². The smallest absolute Gasteiger partial charge is 0.262 e. The van der Waals surface area contributed by atoms with Gasteiger partial charge in [0.2, 0.25) is 0 Å². The lowest BCUT2D eigenvalue weighted by atomic mass is 10.1. The minimum absolute atomic E-state index is 0.0564. The van der Waals surface area contributed by atoms with E-state index in [1.165, 1.54) is 23.5 Å². The molecule has 1 aliphatic rings. The van der Waals surface area contributed by atoms with Crippen LogP contribution in [-0.2, 0) is 12.8 Å². The lowest BCUT2D eigenvalue weighted by molar-refractivity contribution is -0.385. The molecule has 0 amide bonds. The summed E-state index contributed by atoms with van der Waals surface area (Å²) in [5.41, 5.74) is 2.69. The van der Waals surface area contributed by atoms with E-state index < -0.39 is 4.92 Å². The van der Waals surface area contributed by atoms with Crippen molar-refractivity contribution in [2.45, 2.75) is 18.9 Å². The van der Waals surface area contributed by atoms with Gasteiger partial charge in [-0.25, -0.2) is 0 Å². The molecule has 0 spiro atoms. The lowest BCUT2D eigenvalue weighted by Gasteiger charge is -2.07. The molecule has 0 N–H and O–H groups in total. The zero-order valence-electron chi connectivity index (χ0n) is 9.11. The maximum atomic E-state index is 10.6. The van der Waals surface area contributed by atoms with Crippen LogP contribution in [0, 0.1) is 10.1 Å². The van der Waals surface area contributed by atoms with Gasteiger partial charge in [-0.05, 0) is 24.0 Å². The first-order valence-electron chi connectivity index (χ1n) is 5.49. The molecular weight excluding hydrogens is 218 g/mol. The Morgan fingerprint density at radius 3 is 2.47 bits per heavy atom. The van der Waals surface area contributed by atoms with Crippen LogP contribution < -0.4 is 0 Å². The van der Waals surface area contributed by atoms with Crippen LogP contribution in [0.1, 0.15) is 17.2 Å². The molecule has 0 aliphatic heterocycles. The number of hydrogen-bond acceptors (Lipinski definition) is 3. The van der Waals surface area contributed by atoms with E-state index in [4.69, 9.17) is 0 Å². The first-order valence-corrected chi connectivity index (χ1v) is 5.49. The van der Waals surface area contributed by atoms with Gasteiger partial charge in [-0.15, -0.1) is 0 Å². The van der Waals surface area contributed by atoms with Gasteiger partial charge in [0.05, 0.1) is 11.0 Å². The highest BCUT2D eigenvalue weighted by Crippen LogP contribution is 2.30. The second-order valence-electron chi connectivity index (χ2n) is 4.27. The highest BCUT2D eigenvalue weighted by atomic mass is 16.6. The topological polar surface area (TPSA) is 61.0 Å². The molecule has 86 valence electrons. The first kappa shape index (κ1) is 10.0. The van der Waals surface area contributed by atoms with Gasteiger partial charge in [-0.3, -0.25) is 14.8 Å². The highest BCUT2D eigenvalue weighted by molar-refractivity contribution is 5.33. The molecule has 5 nitrogen and oxygen atoms in total. The maximum Gasteiger partial charge on any atom is 0.307 e. The van der Waals surface area contributed by atoms with Crippen molar-refractivity contribution in [3.05, 3.63) is 57.9 Å². The Bertz CT molecular complexity index is 552. The fourth-order valence-electron chi connectivity index (χ4n) is 2.34. The monoisotopic (exact) mass is 229 g/mol. The molecule has 0 bridgehead atoms. The molecule has 1 aliphatic carbocycles. The van der Waals surface area contributed by atoms with E-state index >= 15 is 0 Å². The predicted octanol–water partition coefficient (Wildman–Crippen LogP) is 2.13. The summed E-state index contributed by atoms with van der Waals surface area (Å²) in [6.45, 7) is 0. The molecule has 0 saturated carbocycles. The largest absolute Gasteiger partial charge is 0.307 e. The van der Waals surface area contributed by atoms with Gasteiger partial charge in [-0.2, -0.15) is 5.10 Å². The zero-order valence-corrected chi connectivity index (χ0v) is 9.11. The second-order valence-corrected chi connectivity index (χ2v) is 4.27. The summed E-state index contributed by atoms with van der Waals surface area (Å²) in [4.78, 5) is 10.2. The van der Waals surface area contributed by atoms with Crippen LogP contribution in [0.3, 0.4) is 0 Å². The molecule has 1 aromatic carbocycles. The number of hydrogen-bond donors (Lipinski definition) is 0. The molecule has 0 saturated heterocycles. The molecule has 0 fully saturated rings. The van der Waals surface area contributed by atoms with E-state index in [1.807, 2.05) is 12.1 Å². The number of nitro groups is 1. The lowest BCUT2D eigenvalue weighted by Crippen LogP contribution is -2.09. The van der Waals surface area contributed by atoms with Gasteiger partial charge in [0.1, 0.15) is 12.4 Å². The standard InChI is InChI=1S/C12H11N3O2/c16-15(17)12-7-13-14(8-12)11-5-9-3-1-2-4-10(9)6-11/h1-4,7-8,11H,5-6H2. The molecule has 0 radical (unpaired) electrons. The first-order chi connectivity index (χ1) is 8.24. The van der Waals surface area contributed by atoms with Crippen molar-refractivity contribution in [2.24, 2.45) is 0 Å². The molecule has 0 atom stereocenters. The van der Waals surface area contributed by atoms with Crippen LogP contribution in [0.5, 0.6) is 0 Å². The molecule has 2 aromatic rings. The average Bonchev–Trinajstić information content (AvgIpc) is 2.95. The van der Waals surface area contributed by atoms with Crippen molar-refractivity contribution in [3.8, 4) is 0 Å². The molecule has 17 heavy (non-hydrogen) atoms. The van der Waals surface area contributed by atoms with Crippen LogP contribution in [-0.4, -0.2) is 14.7 Å². The number of rotatable bonds is 2. The van der Waals surface area contributed by atoms with Crippen molar-refractivity contribution >= 4 is 5.69 Å². The Balaban J connectivity index is 1.86. The predicted molar refractivity (Wildman–Crippen MR) is 61.8 cm³/mol. The summed E-state index contributed by atoms with van der Waals surface area (Å²) in [5, 5.41) is 14.7. The van der Waals surface area contributed by atoms with E-state index in [1.54, 1.807) is 4.68 Å². The summed E-state index contributed by atoms with van der Waals surface area (Å²) in [6.07, 6.45) is 4.61. The SMILES string of the molecule is O=[N+]([O-])c1cnn(C2Cc3ccccc3C2)c1. The summed E-state index contributed by atoms with van der Waals surface area (Å²) in [5.74, 6) is 0. The minimum atomic E-state index is -0.411. The molecular formula is C12H11N3O2. The Hall–Kier alpha value is -2.17. The molecule has 1 heterocycles. The van der Waals surface area contributed by atoms with E-state index in [0.29, 0.717) is 0 Å². The summed E-state index contributed by atoms with van der Waals surface area (Å²) >= 11 is 0. The van der Waals surface area contributed by atoms with Crippen molar-refractivity contribution in [1.82, 2.24) is 9.78 Å². The van der Waals surface area contributed by atoms with Gasteiger partial charge >= 0.3 is 5.69 Å². The third kappa shape index (κ3) is 1.69. The van der Waals surface area contributed by atoms with Crippen molar-refractivity contribution in [1.29, 1.82) is 0 Å². The van der Waals surface area contributed by atoms with Crippen LogP contribution in [0.15, 0.2) is 36.7 Å². The van der Waals surface area contributed by atoms with Crippen molar-refractivity contribution in [2.75, 3.05) is 0 Å². The van der Waals surface area contributed by atoms with Gasteiger partial charge in [0, 0.05) is 0 Å². The fourth-order valence-corrected chi connectivity index (χ4v) is 2.34. The Kier molecular flexibility index (Phi) is 2.18. The summed E-state index contributed by atoms with van der Waals surface area (Å²) < 4.78 is 1.71. The van der Waals surface area contributed by atoms with Crippen LogP contribution >= 0.6 is 0 Å². The summed E-state index contributed by atoms with van der Waals surface area (Å²) in [7, 11) is 0. The normalized spacial score (nSPS) is 14.8. The molecule has 3 rings (SSSR count). The van der Waals surface area contributed by atoms with E-state index in [2.05, 4.69) is 17.2 Å². The van der Waals surface area contributed by atoms with Gasteiger partial charge in [-0.1, -0.05) is 24.3 Å². The zero-order chi connectivity index (χ0) is 11.8. The van der Waals surface area contributed by atoms with Crippen molar-refractivity contribution < 1.29 is 4.92 Å². The minimum Gasteiger partial charge on any atom is -0.262 e. The Labute approximate surface area is 97.8 Å².